The highest BCUT2D eigenvalue weighted by atomic mass is 28.3. The third kappa shape index (κ3) is 2.61. The van der Waals surface area contributed by atoms with Crippen molar-refractivity contribution in [1.82, 2.24) is 0 Å². The molecule has 84 valence electrons. The largest absolute Gasteiger partial charge is 0.455 e. The second-order valence-corrected chi connectivity index (χ2v) is 10.4. The van der Waals surface area contributed by atoms with Crippen LogP contribution < -0.4 is 0 Å². The SMILES string of the molecule is C=C=C([C@@]1(C)CCCC(=O)O1)[Si](C)(C)C. The van der Waals surface area contributed by atoms with E-state index in [0.29, 0.717) is 6.42 Å². The molecule has 0 spiro atoms. The maximum absolute atomic E-state index is 11.4. The van der Waals surface area contributed by atoms with Gasteiger partial charge >= 0.3 is 5.97 Å². The van der Waals surface area contributed by atoms with E-state index in [9.17, 15) is 4.79 Å². The van der Waals surface area contributed by atoms with Crippen molar-refractivity contribution in [2.24, 2.45) is 0 Å². The zero-order valence-corrected chi connectivity index (χ0v) is 11.1. The second kappa shape index (κ2) is 3.99. The van der Waals surface area contributed by atoms with Crippen LogP contribution in [0.1, 0.15) is 26.2 Å². The molecule has 1 fully saturated rings. The van der Waals surface area contributed by atoms with E-state index in [2.05, 4.69) is 32.0 Å². The van der Waals surface area contributed by atoms with Gasteiger partial charge in [0, 0.05) is 6.42 Å². The molecule has 2 nitrogen and oxygen atoms in total. The highest BCUT2D eigenvalue weighted by Gasteiger charge is 2.41. The lowest BCUT2D eigenvalue weighted by Crippen LogP contribution is -2.45. The topological polar surface area (TPSA) is 26.3 Å². The normalized spacial score (nSPS) is 26.8. The summed E-state index contributed by atoms with van der Waals surface area (Å²) in [4.78, 5) is 11.4. The van der Waals surface area contributed by atoms with Crippen LogP contribution in [0, 0.1) is 0 Å². The minimum absolute atomic E-state index is 0.0882. The first-order chi connectivity index (χ1) is 6.79. The van der Waals surface area contributed by atoms with E-state index in [1.165, 1.54) is 0 Å². The first-order valence-electron chi connectivity index (χ1n) is 5.42. The Morgan fingerprint density at radius 3 is 2.53 bits per heavy atom. The summed E-state index contributed by atoms with van der Waals surface area (Å²) in [6, 6.07) is 0. The number of carbonyl (C=O) groups is 1. The van der Waals surface area contributed by atoms with Crippen LogP contribution in [0.5, 0.6) is 0 Å². The van der Waals surface area contributed by atoms with Crippen LogP contribution in [0.15, 0.2) is 17.5 Å². The molecule has 1 aliphatic heterocycles. The number of rotatable bonds is 2. The van der Waals surface area contributed by atoms with Crippen LogP contribution in [0.25, 0.3) is 0 Å². The molecule has 0 aromatic rings. The molecule has 1 rings (SSSR count). The number of hydrogen-bond acceptors (Lipinski definition) is 2. The van der Waals surface area contributed by atoms with E-state index in [0.717, 1.165) is 18.0 Å². The van der Waals surface area contributed by atoms with Gasteiger partial charge in [0.2, 0.25) is 0 Å². The van der Waals surface area contributed by atoms with Crippen LogP contribution in [0.2, 0.25) is 19.6 Å². The predicted molar refractivity (Wildman–Crippen MR) is 64.3 cm³/mol. The molecule has 1 aliphatic rings. The Morgan fingerprint density at radius 2 is 2.13 bits per heavy atom. The quantitative estimate of drug-likeness (QED) is 0.409. The minimum atomic E-state index is -1.51. The van der Waals surface area contributed by atoms with E-state index in [-0.39, 0.29) is 5.97 Å². The zero-order valence-electron chi connectivity index (χ0n) is 10.1. The number of carbonyl (C=O) groups excluding carboxylic acids is 1. The van der Waals surface area contributed by atoms with Crippen molar-refractivity contribution in [3.63, 3.8) is 0 Å². The fraction of sp³-hybridized carbons (Fsp3) is 0.667. The Kier molecular flexibility index (Phi) is 3.27. The third-order valence-electron chi connectivity index (χ3n) is 2.83. The van der Waals surface area contributed by atoms with Gasteiger partial charge in [-0.15, -0.1) is 5.73 Å². The van der Waals surface area contributed by atoms with Gasteiger partial charge < -0.3 is 4.74 Å². The molecule has 1 heterocycles. The van der Waals surface area contributed by atoms with Crippen molar-refractivity contribution >= 4 is 14.0 Å². The van der Waals surface area contributed by atoms with Crippen molar-refractivity contribution < 1.29 is 9.53 Å². The van der Waals surface area contributed by atoms with Gasteiger partial charge in [0.25, 0.3) is 0 Å². The smallest absolute Gasteiger partial charge is 0.306 e. The molecule has 0 aromatic carbocycles. The molecule has 0 aromatic heterocycles. The van der Waals surface area contributed by atoms with E-state index in [4.69, 9.17) is 4.74 Å². The van der Waals surface area contributed by atoms with Crippen LogP contribution in [0.3, 0.4) is 0 Å². The molecule has 0 bridgehead atoms. The maximum Gasteiger partial charge on any atom is 0.306 e. The minimum Gasteiger partial charge on any atom is -0.455 e. The molecule has 1 saturated heterocycles. The van der Waals surface area contributed by atoms with Gasteiger partial charge in [-0.2, -0.15) is 0 Å². The number of cyclic esters (lactones) is 1. The third-order valence-corrected chi connectivity index (χ3v) is 5.04. The summed E-state index contributed by atoms with van der Waals surface area (Å²) < 4.78 is 5.51. The highest BCUT2D eigenvalue weighted by molar-refractivity contribution is 6.83. The summed E-state index contributed by atoms with van der Waals surface area (Å²) in [6.45, 7) is 12.4. The first-order valence-corrected chi connectivity index (χ1v) is 8.92. The Hall–Kier alpha value is -0.793. The monoisotopic (exact) mass is 224 g/mol. The van der Waals surface area contributed by atoms with Crippen molar-refractivity contribution in [2.45, 2.75) is 51.4 Å². The van der Waals surface area contributed by atoms with Crippen molar-refractivity contribution in [1.29, 1.82) is 0 Å². The predicted octanol–water partition coefficient (Wildman–Crippen LogP) is 3.06. The first kappa shape index (κ1) is 12.3. The molecule has 0 unspecified atom stereocenters. The molecular formula is C12H20O2Si. The highest BCUT2D eigenvalue weighted by Crippen LogP contribution is 2.36. The summed E-state index contributed by atoms with van der Waals surface area (Å²) in [7, 11) is -1.51. The zero-order chi connectivity index (χ0) is 11.7. The fourth-order valence-electron chi connectivity index (χ4n) is 2.34. The average molecular weight is 224 g/mol. The van der Waals surface area contributed by atoms with E-state index in [1.807, 2.05) is 6.92 Å². The lowest BCUT2D eigenvalue weighted by Gasteiger charge is -2.39. The Balaban J connectivity index is 3.03. The van der Waals surface area contributed by atoms with Gasteiger partial charge in [-0.3, -0.25) is 4.79 Å². The lowest BCUT2D eigenvalue weighted by molar-refractivity contribution is -0.160. The average Bonchev–Trinajstić information content (AvgIpc) is 2.00. The molecule has 1 atom stereocenters. The van der Waals surface area contributed by atoms with Gasteiger partial charge in [-0.25, -0.2) is 0 Å². The standard InChI is InChI=1S/C12H20O2Si/c1-6-10(15(3,4)5)12(2)9-7-8-11(13)14-12/h1,7-9H2,2-5H3/t12-/m1/s1. The van der Waals surface area contributed by atoms with E-state index in [1.54, 1.807) is 0 Å². The van der Waals surface area contributed by atoms with Gasteiger partial charge in [-0.1, -0.05) is 26.2 Å². The summed E-state index contributed by atoms with van der Waals surface area (Å²) in [5.74, 6) is -0.0882. The van der Waals surface area contributed by atoms with Gasteiger partial charge in [0.15, 0.2) is 0 Å². The molecule has 0 amide bonds. The van der Waals surface area contributed by atoms with Gasteiger partial charge in [0.1, 0.15) is 5.60 Å². The molecule has 0 N–H and O–H groups in total. The van der Waals surface area contributed by atoms with Crippen LogP contribution in [0.4, 0.5) is 0 Å². The molecule has 0 aliphatic carbocycles. The summed E-state index contributed by atoms with van der Waals surface area (Å²) in [6.07, 6.45) is 2.36. The van der Waals surface area contributed by atoms with Crippen LogP contribution >= 0.6 is 0 Å². The number of hydrogen-bond donors (Lipinski definition) is 0. The second-order valence-electron chi connectivity index (χ2n) is 5.36. The summed E-state index contributed by atoms with van der Waals surface area (Å²) >= 11 is 0. The van der Waals surface area contributed by atoms with Gasteiger partial charge in [0.05, 0.1) is 8.07 Å². The Labute approximate surface area is 93.0 Å². The fourth-order valence-corrected chi connectivity index (χ4v) is 4.64. The molecular weight excluding hydrogens is 204 g/mol. The van der Waals surface area contributed by atoms with Crippen LogP contribution in [-0.2, 0) is 9.53 Å². The maximum atomic E-state index is 11.4. The molecule has 3 heteroatoms. The molecule has 0 saturated carbocycles. The Morgan fingerprint density at radius 1 is 1.53 bits per heavy atom. The molecule has 15 heavy (non-hydrogen) atoms. The number of esters is 1. The van der Waals surface area contributed by atoms with E-state index >= 15 is 0 Å². The lowest BCUT2D eigenvalue weighted by atomic mass is 9.95. The van der Waals surface area contributed by atoms with Crippen LogP contribution in [-0.4, -0.2) is 19.6 Å². The summed E-state index contributed by atoms with van der Waals surface area (Å²) in [5, 5.41) is 1.13. The summed E-state index contributed by atoms with van der Waals surface area (Å²) in [5.41, 5.74) is 2.58. The Bertz CT molecular complexity index is 321. The van der Waals surface area contributed by atoms with Gasteiger partial charge in [-0.05, 0) is 25.0 Å². The van der Waals surface area contributed by atoms with Crippen molar-refractivity contribution in [2.75, 3.05) is 0 Å². The van der Waals surface area contributed by atoms with Crippen molar-refractivity contribution in [3.8, 4) is 0 Å². The van der Waals surface area contributed by atoms with E-state index < -0.39 is 13.7 Å². The van der Waals surface area contributed by atoms with Crippen molar-refractivity contribution in [3.05, 3.63) is 17.5 Å². The molecule has 0 radical (unpaired) electrons. The number of ether oxygens (including phenoxy) is 1.